The fourth-order valence-corrected chi connectivity index (χ4v) is 2.28. The van der Waals surface area contributed by atoms with Crippen LogP contribution in [-0.2, 0) is 16.1 Å². The van der Waals surface area contributed by atoms with Crippen molar-refractivity contribution in [3.05, 3.63) is 29.8 Å². The Morgan fingerprint density at radius 1 is 1.32 bits per heavy atom. The van der Waals surface area contributed by atoms with Gasteiger partial charge in [0.2, 0.25) is 0 Å². The van der Waals surface area contributed by atoms with Crippen LogP contribution < -0.4 is 5.32 Å². The molecular weight excluding hydrogens is 238 g/mol. The topological polar surface area (TPSA) is 30.5 Å². The molecule has 1 aliphatic carbocycles. The van der Waals surface area contributed by atoms with E-state index in [0.717, 1.165) is 5.92 Å². The monoisotopic (exact) mass is 263 g/mol. The van der Waals surface area contributed by atoms with Crippen LogP contribution in [0.3, 0.4) is 0 Å². The average Bonchev–Trinajstić information content (AvgIpc) is 3.19. The van der Waals surface area contributed by atoms with E-state index in [4.69, 9.17) is 9.47 Å². The molecule has 0 heterocycles. The van der Waals surface area contributed by atoms with Crippen molar-refractivity contribution >= 4 is 5.69 Å². The van der Waals surface area contributed by atoms with Gasteiger partial charge in [0.25, 0.3) is 0 Å². The molecule has 1 aliphatic rings. The van der Waals surface area contributed by atoms with Crippen LogP contribution in [0.25, 0.3) is 0 Å². The summed E-state index contributed by atoms with van der Waals surface area (Å²) in [4.78, 5) is 0. The van der Waals surface area contributed by atoms with Gasteiger partial charge in [-0.25, -0.2) is 0 Å². The third kappa shape index (κ3) is 5.62. The number of rotatable bonds is 9. The maximum absolute atomic E-state index is 5.54. The van der Waals surface area contributed by atoms with Crippen LogP contribution >= 0.6 is 0 Å². The van der Waals surface area contributed by atoms with E-state index in [1.165, 1.54) is 30.5 Å². The van der Waals surface area contributed by atoms with Crippen molar-refractivity contribution in [2.45, 2.75) is 38.8 Å². The zero-order valence-corrected chi connectivity index (χ0v) is 12.0. The molecule has 1 N–H and O–H groups in total. The largest absolute Gasteiger partial charge is 0.383 e. The smallest absolute Gasteiger partial charge is 0.0718 e. The predicted octanol–water partition coefficient (Wildman–Crippen LogP) is 3.45. The summed E-state index contributed by atoms with van der Waals surface area (Å²) in [6.45, 7) is 4.21. The van der Waals surface area contributed by atoms with Crippen molar-refractivity contribution in [1.29, 1.82) is 0 Å². The molecule has 0 aliphatic heterocycles. The Bertz CT molecular complexity index is 377. The second-order valence-electron chi connectivity index (χ2n) is 5.47. The van der Waals surface area contributed by atoms with Gasteiger partial charge in [0.05, 0.1) is 19.8 Å². The second-order valence-corrected chi connectivity index (χ2v) is 5.47. The lowest BCUT2D eigenvalue weighted by molar-refractivity contribution is 0.0617. The summed E-state index contributed by atoms with van der Waals surface area (Å²) < 4.78 is 10.5. The number of hydrogen-bond acceptors (Lipinski definition) is 3. The number of nitrogens with one attached hydrogen (secondary N) is 1. The van der Waals surface area contributed by atoms with Gasteiger partial charge in [-0.05, 0) is 37.0 Å². The van der Waals surface area contributed by atoms with Gasteiger partial charge in [0.1, 0.15) is 0 Å². The first-order chi connectivity index (χ1) is 9.28. The fourth-order valence-electron chi connectivity index (χ4n) is 2.28. The number of hydrogen-bond donors (Lipinski definition) is 1. The molecule has 0 saturated heterocycles. The molecule has 1 aromatic rings. The molecule has 1 saturated carbocycles. The molecule has 0 amide bonds. The van der Waals surface area contributed by atoms with Crippen molar-refractivity contribution in [2.24, 2.45) is 5.92 Å². The van der Waals surface area contributed by atoms with Crippen LogP contribution in [0, 0.1) is 5.92 Å². The summed E-state index contributed by atoms with van der Waals surface area (Å²) in [5.41, 5.74) is 2.40. The minimum Gasteiger partial charge on any atom is -0.383 e. The van der Waals surface area contributed by atoms with Crippen LogP contribution in [0.1, 0.15) is 31.7 Å². The molecule has 0 radical (unpaired) electrons. The van der Waals surface area contributed by atoms with Gasteiger partial charge in [0.15, 0.2) is 0 Å². The molecule has 2 rings (SSSR count). The quantitative estimate of drug-likeness (QED) is 0.692. The lowest BCUT2D eigenvalue weighted by Gasteiger charge is -2.15. The van der Waals surface area contributed by atoms with E-state index in [1.807, 2.05) is 0 Å². The zero-order chi connectivity index (χ0) is 13.5. The van der Waals surface area contributed by atoms with Gasteiger partial charge >= 0.3 is 0 Å². The van der Waals surface area contributed by atoms with E-state index in [9.17, 15) is 0 Å². The van der Waals surface area contributed by atoms with Crippen LogP contribution in [0.4, 0.5) is 5.69 Å². The highest BCUT2D eigenvalue weighted by Gasteiger charge is 2.23. The van der Waals surface area contributed by atoms with E-state index >= 15 is 0 Å². The number of methoxy groups -OCH3 is 1. The predicted molar refractivity (Wildman–Crippen MR) is 78.4 cm³/mol. The number of ether oxygens (including phenoxy) is 2. The van der Waals surface area contributed by atoms with Crippen LogP contribution in [-0.4, -0.2) is 26.4 Å². The SMILES string of the molecule is COCCOCc1cccc(NC(C)CC2CC2)c1. The fraction of sp³-hybridized carbons (Fsp3) is 0.625. The molecule has 3 heteroatoms. The summed E-state index contributed by atoms with van der Waals surface area (Å²) in [5, 5.41) is 3.57. The highest BCUT2D eigenvalue weighted by atomic mass is 16.5. The number of anilines is 1. The van der Waals surface area contributed by atoms with Crippen LogP contribution in [0.5, 0.6) is 0 Å². The van der Waals surface area contributed by atoms with Crippen molar-refractivity contribution in [2.75, 3.05) is 25.6 Å². The highest BCUT2D eigenvalue weighted by Crippen LogP contribution is 2.34. The lowest BCUT2D eigenvalue weighted by Crippen LogP contribution is -2.15. The normalized spacial score (nSPS) is 16.3. The van der Waals surface area contributed by atoms with Gasteiger partial charge in [-0.1, -0.05) is 25.0 Å². The third-order valence-electron chi connectivity index (χ3n) is 3.42. The van der Waals surface area contributed by atoms with Crippen LogP contribution in [0.2, 0.25) is 0 Å². The molecular formula is C16H25NO2. The Morgan fingerprint density at radius 2 is 2.16 bits per heavy atom. The van der Waals surface area contributed by atoms with Gasteiger partial charge < -0.3 is 14.8 Å². The summed E-state index contributed by atoms with van der Waals surface area (Å²) in [6, 6.07) is 9.04. The highest BCUT2D eigenvalue weighted by molar-refractivity contribution is 5.46. The molecule has 0 aromatic heterocycles. The van der Waals surface area contributed by atoms with E-state index in [2.05, 4.69) is 36.5 Å². The first-order valence-electron chi connectivity index (χ1n) is 7.20. The molecule has 19 heavy (non-hydrogen) atoms. The first-order valence-corrected chi connectivity index (χ1v) is 7.20. The Balaban J connectivity index is 1.76. The molecule has 3 nitrogen and oxygen atoms in total. The van der Waals surface area contributed by atoms with Gasteiger partial charge in [-0.2, -0.15) is 0 Å². The molecule has 0 bridgehead atoms. The summed E-state index contributed by atoms with van der Waals surface area (Å²) in [5.74, 6) is 0.961. The maximum atomic E-state index is 5.54. The zero-order valence-electron chi connectivity index (χ0n) is 12.0. The Morgan fingerprint density at radius 3 is 2.89 bits per heavy atom. The van der Waals surface area contributed by atoms with Crippen molar-refractivity contribution in [1.82, 2.24) is 0 Å². The average molecular weight is 263 g/mol. The number of benzene rings is 1. The summed E-state index contributed by atoms with van der Waals surface area (Å²) in [6.07, 6.45) is 4.12. The van der Waals surface area contributed by atoms with Crippen molar-refractivity contribution < 1.29 is 9.47 Å². The maximum Gasteiger partial charge on any atom is 0.0718 e. The Labute approximate surface area is 116 Å². The molecule has 1 unspecified atom stereocenters. The van der Waals surface area contributed by atoms with E-state index in [1.54, 1.807) is 7.11 Å². The second kappa shape index (κ2) is 7.51. The van der Waals surface area contributed by atoms with E-state index in [0.29, 0.717) is 25.9 Å². The molecule has 0 spiro atoms. The molecule has 1 aromatic carbocycles. The summed E-state index contributed by atoms with van der Waals surface area (Å²) in [7, 11) is 1.69. The van der Waals surface area contributed by atoms with Crippen molar-refractivity contribution in [3.63, 3.8) is 0 Å². The lowest BCUT2D eigenvalue weighted by atomic mass is 10.1. The molecule has 106 valence electrons. The van der Waals surface area contributed by atoms with Gasteiger partial charge in [0, 0.05) is 18.8 Å². The third-order valence-corrected chi connectivity index (χ3v) is 3.42. The first kappa shape index (κ1) is 14.4. The standard InChI is InChI=1S/C16H25NO2/c1-13(10-14-6-7-14)17-16-5-3-4-15(11-16)12-19-9-8-18-2/h3-5,11,13-14,17H,6-10,12H2,1-2H3. The van der Waals surface area contributed by atoms with E-state index < -0.39 is 0 Å². The minimum absolute atomic E-state index is 0.553. The van der Waals surface area contributed by atoms with Crippen LogP contribution in [0.15, 0.2) is 24.3 Å². The minimum atomic E-state index is 0.553. The van der Waals surface area contributed by atoms with Crippen molar-refractivity contribution in [3.8, 4) is 0 Å². The van der Waals surface area contributed by atoms with Gasteiger partial charge in [-0.15, -0.1) is 0 Å². The Hall–Kier alpha value is -1.06. The summed E-state index contributed by atoms with van der Waals surface area (Å²) >= 11 is 0. The van der Waals surface area contributed by atoms with E-state index in [-0.39, 0.29) is 0 Å². The molecule has 1 atom stereocenters. The Kier molecular flexibility index (Phi) is 5.67. The molecule has 1 fully saturated rings. The van der Waals surface area contributed by atoms with Gasteiger partial charge in [-0.3, -0.25) is 0 Å².